The molecule has 474 valence electrons. The topological polar surface area (TPSA) is 102 Å². The predicted octanol–water partition coefficient (Wildman–Crippen LogP) is 20.6. The van der Waals surface area contributed by atoms with Gasteiger partial charge in [0.15, 0.2) is 5.78 Å². The van der Waals surface area contributed by atoms with Crippen molar-refractivity contribution in [2.75, 3.05) is 54.9 Å². The molecule has 88 heavy (non-hydrogen) atoms. The van der Waals surface area contributed by atoms with Gasteiger partial charge in [0, 0.05) is 82.6 Å². The van der Waals surface area contributed by atoms with Gasteiger partial charge in [-0.3, -0.25) is 4.79 Å². The molecule has 10 rings (SSSR count). The normalized spacial score (nSPS) is 7.66. The Morgan fingerprint density at radius 3 is 0.659 bits per heavy atom. The minimum absolute atomic E-state index is 0. The quantitative estimate of drug-likeness (QED) is 0.103. The van der Waals surface area contributed by atoms with Crippen molar-refractivity contribution in [1.29, 1.82) is 0 Å². The van der Waals surface area contributed by atoms with Crippen molar-refractivity contribution in [3.05, 3.63) is 364 Å². The molecule has 0 saturated heterocycles. The summed E-state index contributed by atoms with van der Waals surface area (Å²) >= 11 is 15.0. The number of benzene rings is 10. The monoisotopic (exact) mass is 1600 g/mol. The maximum Gasteiger partial charge on any atom is 2.00 e. The van der Waals surface area contributed by atoms with Crippen molar-refractivity contribution < 1.29 is 80.5 Å². The third-order valence-electron chi connectivity index (χ3n) is 7.90. The molecule has 0 aliphatic rings. The first-order valence-corrected chi connectivity index (χ1v) is 27.7. The van der Waals surface area contributed by atoms with Crippen molar-refractivity contribution in [3.8, 4) is 11.5 Å². The van der Waals surface area contributed by atoms with E-state index in [-0.39, 0.29) is 74.4 Å². The number of phenols is 2. The van der Waals surface area contributed by atoms with Gasteiger partial charge in [-0.15, -0.1) is 47.5 Å². The van der Waals surface area contributed by atoms with E-state index < -0.39 is 0 Å². The summed E-state index contributed by atoms with van der Waals surface area (Å²) in [6, 6.07) is 103. The third-order valence-corrected chi connectivity index (χ3v) is 8.15. The molecule has 0 radical (unpaired) electrons. The van der Waals surface area contributed by atoms with Crippen LogP contribution in [0.15, 0.2) is 315 Å². The smallest absolute Gasteiger partial charge is 0.533 e. The average Bonchev–Trinajstić information content (AvgIpc) is 3.62. The molecule has 0 heterocycles. The number of halogens is 4. The summed E-state index contributed by atoms with van der Waals surface area (Å²) in [6.45, 7) is 5.83. The van der Waals surface area contributed by atoms with E-state index in [9.17, 15) is 14.0 Å². The van der Waals surface area contributed by atoms with E-state index in [0.717, 1.165) is 6.61 Å². The summed E-state index contributed by atoms with van der Waals surface area (Å²) in [6.07, 6.45) is 2.94. The Morgan fingerprint density at radius 2 is 0.534 bits per heavy atom. The van der Waals surface area contributed by atoms with Crippen LogP contribution in [0, 0.1) is 32.8 Å². The van der Waals surface area contributed by atoms with Gasteiger partial charge >= 0.3 is 42.1 Å². The van der Waals surface area contributed by atoms with Crippen molar-refractivity contribution in [2.24, 2.45) is 0 Å². The molecule has 0 unspecified atom stereocenters. The number of Topliss-reactive ketones (excluding diaryl/α,β-unsaturated/α-hetero) is 1. The van der Waals surface area contributed by atoms with Crippen molar-refractivity contribution in [1.82, 2.24) is 0 Å². The van der Waals surface area contributed by atoms with Crippen molar-refractivity contribution in [3.63, 3.8) is 0 Å². The summed E-state index contributed by atoms with van der Waals surface area (Å²) in [5.74, 6) is 0.252. The molecule has 0 aromatic heterocycles. The molecule has 0 spiro atoms. The van der Waals surface area contributed by atoms with E-state index in [2.05, 4.69) is 49.5 Å². The van der Waals surface area contributed by atoms with Gasteiger partial charge in [-0.2, -0.15) is 36.4 Å². The summed E-state index contributed by atoms with van der Waals surface area (Å²) in [7, 11) is 8.18. The zero-order valence-corrected chi connectivity index (χ0v) is 61.1. The Bertz CT molecular complexity index is 2190. The van der Waals surface area contributed by atoms with Gasteiger partial charge in [0.25, 0.3) is 0 Å². The van der Waals surface area contributed by atoms with Crippen LogP contribution in [-0.4, -0.2) is 76.7 Å². The second-order valence-corrected chi connectivity index (χ2v) is 15.5. The van der Waals surface area contributed by atoms with Gasteiger partial charge in [0.05, 0.1) is 0 Å². The van der Waals surface area contributed by atoms with Gasteiger partial charge in [0.2, 0.25) is 0 Å². The number of hydrogen-bond donors (Lipinski definition) is 2. The number of methoxy groups -OCH3 is 3. The SMILES string of the molecule is CC(C)=O.CCOC.CCl.CCl.COC.COC.O=C(c1ccc(F)cc1)c1ccc(Cl)cc1.Oc1cc[c-]cc1.Oc1cc[c-]cc1.[CH3-].[CH3-].[W+2].[W+2].c1ccccc1.c1ccccc1.c1ccccc1.c1ccccc1.c1ccccc1.c1ccccc1. The fourth-order valence-electron chi connectivity index (χ4n) is 4.43. The summed E-state index contributed by atoms with van der Waals surface area (Å²) in [5, 5.41) is 17.8. The standard InChI is InChI=1S/C13H8ClFO.2C6H5O.6C6H6.C3H8O.C3H6O.2C2H6O.2CH3Cl.2CH3.2W/c14-11-5-1-9(2-6-11)13(16)10-3-7-12(15)8-4-10;2*7-6-4-2-1-3-5-6;6*1-2-4-6-5-3-1;1-3-4-2;1-3(2)4;2*1-3-2;2*1-2;;;;/h1-8H;2*2-5,7H;6*1-6H;3H2,1-2H3;1-2H3;2*1-2H3;2*1H3;2*1H3;;/q;2*-1;;;;;;;;;;;;;2*-1;2*+2. The van der Waals surface area contributed by atoms with Crippen molar-refractivity contribution in [2.45, 2.75) is 20.8 Å². The minimum Gasteiger partial charge on any atom is -0.533 e. The molecule has 0 atom stereocenters. The molecule has 0 aliphatic carbocycles. The molecule has 10 aromatic rings. The zero-order valence-electron chi connectivity index (χ0n) is 53.0. The van der Waals surface area contributed by atoms with Crippen molar-refractivity contribution >= 4 is 46.4 Å². The first-order chi connectivity index (χ1) is 40.9. The minimum atomic E-state index is -0.354. The molecular formula is C75H92Cl3FO7W2. The fourth-order valence-corrected chi connectivity index (χ4v) is 4.56. The number of carbonyl (C=O) groups is 2. The molecule has 2 N–H and O–H groups in total. The number of ether oxygens (including phenoxy) is 3. The molecule has 7 nitrogen and oxygen atoms in total. The Labute approximate surface area is 574 Å². The van der Waals surface area contributed by atoms with Gasteiger partial charge in [-0.25, -0.2) is 4.39 Å². The van der Waals surface area contributed by atoms with Gasteiger partial charge in [-0.05, 0) is 69.3 Å². The van der Waals surface area contributed by atoms with E-state index >= 15 is 0 Å². The molecule has 0 bridgehead atoms. The number of rotatable bonds is 3. The van der Waals surface area contributed by atoms with E-state index in [4.69, 9.17) is 21.8 Å². The van der Waals surface area contributed by atoms with Crippen LogP contribution in [0.4, 0.5) is 4.39 Å². The van der Waals surface area contributed by atoms with E-state index in [0.29, 0.717) is 27.6 Å². The van der Waals surface area contributed by atoms with E-state index in [1.54, 1.807) is 108 Å². The zero-order chi connectivity index (χ0) is 63.6. The number of hydrogen-bond acceptors (Lipinski definition) is 7. The van der Waals surface area contributed by atoms with E-state index in [1.165, 1.54) is 50.9 Å². The van der Waals surface area contributed by atoms with Crippen LogP contribution in [-0.2, 0) is 61.1 Å². The molecule has 10 aromatic carbocycles. The summed E-state index contributed by atoms with van der Waals surface area (Å²) in [4.78, 5) is 21.3. The predicted molar refractivity (Wildman–Crippen MR) is 370 cm³/mol. The Hall–Kier alpha value is -6.80. The third kappa shape index (κ3) is 88.0. The largest absolute Gasteiger partial charge is 2.00 e. The molecular weight excluding hydrogens is 1510 g/mol. The summed E-state index contributed by atoms with van der Waals surface area (Å²) < 4.78 is 25.7. The first-order valence-electron chi connectivity index (χ1n) is 25.8. The Morgan fingerprint density at radius 1 is 0.386 bits per heavy atom. The summed E-state index contributed by atoms with van der Waals surface area (Å²) in [5.41, 5.74) is 1.000. The second kappa shape index (κ2) is 89.0. The van der Waals surface area contributed by atoms with Gasteiger partial charge in [0.1, 0.15) is 11.6 Å². The molecule has 0 fully saturated rings. The second-order valence-electron chi connectivity index (χ2n) is 15.1. The number of ketones is 2. The maximum absolute atomic E-state index is 12.7. The first kappa shape index (κ1) is 100. The van der Waals surface area contributed by atoms with Crippen LogP contribution in [0.3, 0.4) is 0 Å². The van der Waals surface area contributed by atoms with E-state index in [1.807, 2.05) is 225 Å². The van der Waals surface area contributed by atoms with Crippen LogP contribution in [0.1, 0.15) is 36.7 Å². The molecule has 0 amide bonds. The molecule has 13 heteroatoms. The molecule has 0 aliphatic heterocycles. The fraction of sp³-hybridized carbons (Fsp3) is 0.147. The van der Waals surface area contributed by atoms with Crippen LogP contribution >= 0.6 is 34.8 Å². The number of alkyl halides is 2. The molecule has 0 saturated carbocycles. The number of carbonyl (C=O) groups excluding carboxylic acids is 2. The Balaban J connectivity index is -0.000000112. The Kier molecular flexibility index (Phi) is 101. The van der Waals surface area contributed by atoms with Crippen LogP contribution in [0.2, 0.25) is 5.02 Å². The number of aromatic hydroxyl groups is 2. The average molecular weight is 1600 g/mol. The van der Waals surface area contributed by atoms with Crippen LogP contribution in [0.5, 0.6) is 11.5 Å². The van der Waals surface area contributed by atoms with Crippen LogP contribution < -0.4 is 0 Å². The van der Waals surface area contributed by atoms with Gasteiger partial charge in [-0.1, -0.05) is 230 Å². The number of phenolic OH excluding ortho intramolecular Hbond substituents is 2. The van der Waals surface area contributed by atoms with Gasteiger partial charge < -0.3 is 44.1 Å². The maximum atomic E-state index is 12.7. The van der Waals surface area contributed by atoms with Crippen LogP contribution in [0.25, 0.3) is 0 Å².